The standard InChI is InChI=1S/C25H26FN5O2/c1-17-7-8-18(2)22(15-17)29-25(33)28-19-9-10-23(27-16-19)30-11-13-31(14-12-30)24(32)20-5-3-4-6-21(20)26/h3-10,15-16H,11-14H2,1-2H3,(H2,28,29,33). The molecule has 0 atom stereocenters. The molecule has 0 bridgehead atoms. The van der Waals surface area contributed by atoms with Gasteiger partial charge in [-0.15, -0.1) is 0 Å². The van der Waals surface area contributed by atoms with E-state index >= 15 is 0 Å². The minimum Gasteiger partial charge on any atom is -0.353 e. The van der Waals surface area contributed by atoms with Crippen LogP contribution >= 0.6 is 0 Å². The number of carbonyl (C=O) groups excluding carboxylic acids is 2. The van der Waals surface area contributed by atoms with Gasteiger partial charge < -0.3 is 20.4 Å². The average Bonchev–Trinajstić information content (AvgIpc) is 2.82. The number of pyridine rings is 1. The highest BCUT2D eigenvalue weighted by molar-refractivity contribution is 6.00. The summed E-state index contributed by atoms with van der Waals surface area (Å²) in [6, 6.07) is 15.2. The first-order valence-corrected chi connectivity index (χ1v) is 10.8. The Morgan fingerprint density at radius 1 is 0.939 bits per heavy atom. The number of urea groups is 1. The van der Waals surface area contributed by atoms with E-state index in [0.29, 0.717) is 31.9 Å². The molecule has 0 aliphatic carbocycles. The molecule has 3 amide bonds. The minimum atomic E-state index is -0.503. The third kappa shape index (κ3) is 5.28. The second kappa shape index (κ2) is 9.68. The van der Waals surface area contributed by atoms with Crippen molar-refractivity contribution in [1.82, 2.24) is 9.88 Å². The van der Waals surface area contributed by atoms with Crippen molar-refractivity contribution in [2.45, 2.75) is 13.8 Å². The van der Waals surface area contributed by atoms with Crippen LogP contribution in [-0.2, 0) is 0 Å². The molecule has 8 heteroatoms. The Balaban J connectivity index is 1.31. The molecule has 1 aromatic heterocycles. The van der Waals surface area contributed by atoms with Gasteiger partial charge in [-0.1, -0.05) is 24.3 Å². The van der Waals surface area contributed by atoms with Gasteiger partial charge >= 0.3 is 6.03 Å². The number of benzene rings is 2. The van der Waals surface area contributed by atoms with E-state index < -0.39 is 5.82 Å². The molecule has 0 unspecified atom stereocenters. The van der Waals surface area contributed by atoms with Crippen molar-refractivity contribution in [1.29, 1.82) is 0 Å². The minimum absolute atomic E-state index is 0.0960. The first kappa shape index (κ1) is 22.3. The van der Waals surface area contributed by atoms with Crippen molar-refractivity contribution in [2.75, 3.05) is 41.7 Å². The zero-order valence-electron chi connectivity index (χ0n) is 18.6. The summed E-state index contributed by atoms with van der Waals surface area (Å²) >= 11 is 0. The Morgan fingerprint density at radius 3 is 2.39 bits per heavy atom. The summed E-state index contributed by atoms with van der Waals surface area (Å²) in [5.74, 6) is -0.0418. The van der Waals surface area contributed by atoms with E-state index in [1.807, 2.05) is 38.1 Å². The number of nitrogens with zero attached hydrogens (tertiary/aromatic N) is 3. The monoisotopic (exact) mass is 447 g/mol. The number of aryl methyl sites for hydroxylation is 2. The van der Waals surface area contributed by atoms with E-state index in [4.69, 9.17) is 0 Å². The predicted octanol–water partition coefficient (Wildman–Crippen LogP) is 4.44. The molecule has 2 heterocycles. The number of amides is 3. The summed E-state index contributed by atoms with van der Waals surface area (Å²) in [4.78, 5) is 33.1. The quantitative estimate of drug-likeness (QED) is 0.620. The number of carbonyl (C=O) groups is 2. The number of aromatic nitrogens is 1. The van der Waals surface area contributed by atoms with Gasteiger partial charge in [-0.25, -0.2) is 14.2 Å². The number of hydrogen-bond donors (Lipinski definition) is 2. The largest absolute Gasteiger partial charge is 0.353 e. The summed E-state index contributed by atoms with van der Waals surface area (Å²) in [5, 5.41) is 5.65. The summed E-state index contributed by atoms with van der Waals surface area (Å²) in [6.07, 6.45) is 1.61. The van der Waals surface area contributed by atoms with Crippen LogP contribution in [0, 0.1) is 19.7 Å². The molecule has 1 aliphatic rings. The molecule has 7 nitrogen and oxygen atoms in total. The Morgan fingerprint density at radius 2 is 1.70 bits per heavy atom. The molecule has 2 aromatic carbocycles. The molecule has 1 fully saturated rings. The molecule has 0 radical (unpaired) electrons. The van der Waals surface area contributed by atoms with E-state index in [1.54, 1.807) is 29.3 Å². The number of anilines is 3. The summed E-state index contributed by atoms with van der Waals surface area (Å²) in [7, 11) is 0. The molecule has 33 heavy (non-hydrogen) atoms. The lowest BCUT2D eigenvalue weighted by atomic mass is 10.1. The zero-order chi connectivity index (χ0) is 23.4. The predicted molar refractivity (Wildman–Crippen MR) is 127 cm³/mol. The first-order valence-electron chi connectivity index (χ1n) is 10.8. The molecule has 1 saturated heterocycles. The average molecular weight is 448 g/mol. The van der Waals surface area contributed by atoms with Crippen LogP contribution in [0.4, 0.5) is 26.4 Å². The van der Waals surface area contributed by atoms with Crippen LogP contribution in [0.5, 0.6) is 0 Å². The van der Waals surface area contributed by atoms with Gasteiger partial charge in [0.25, 0.3) is 5.91 Å². The molecule has 170 valence electrons. The maximum absolute atomic E-state index is 13.9. The van der Waals surface area contributed by atoms with Gasteiger partial charge in [0.1, 0.15) is 11.6 Å². The van der Waals surface area contributed by atoms with Crippen molar-refractivity contribution in [3.63, 3.8) is 0 Å². The van der Waals surface area contributed by atoms with Crippen LogP contribution in [0.1, 0.15) is 21.5 Å². The SMILES string of the molecule is Cc1ccc(C)c(NC(=O)Nc2ccc(N3CCN(C(=O)c4ccccc4F)CC3)nc2)c1. The van der Waals surface area contributed by atoms with E-state index in [2.05, 4.69) is 20.5 Å². The van der Waals surface area contributed by atoms with E-state index in [0.717, 1.165) is 22.6 Å². The van der Waals surface area contributed by atoms with Gasteiger partial charge in [0.15, 0.2) is 0 Å². The van der Waals surface area contributed by atoms with Crippen LogP contribution in [0.3, 0.4) is 0 Å². The molecule has 2 N–H and O–H groups in total. The first-order chi connectivity index (χ1) is 15.9. The van der Waals surface area contributed by atoms with Crippen molar-refractivity contribution < 1.29 is 14.0 Å². The highest BCUT2D eigenvalue weighted by Gasteiger charge is 2.24. The smallest absolute Gasteiger partial charge is 0.323 e. The number of halogens is 1. The van der Waals surface area contributed by atoms with E-state index in [9.17, 15) is 14.0 Å². The van der Waals surface area contributed by atoms with Crippen LogP contribution in [0.15, 0.2) is 60.8 Å². The summed E-state index contributed by atoms with van der Waals surface area (Å²) in [6.45, 7) is 6.05. The van der Waals surface area contributed by atoms with Gasteiger partial charge in [0.2, 0.25) is 0 Å². The lowest BCUT2D eigenvalue weighted by Gasteiger charge is -2.35. The fraction of sp³-hybridized carbons (Fsp3) is 0.240. The van der Waals surface area contributed by atoms with Crippen LogP contribution in [-0.4, -0.2) is 48.0 Å². The third-order valence-electron chi connectivity index (χ3n) is 5.64. The van der Waals surface area contributed by atoms with Crippen molar-refractivity contribution in [3.05, 3.63) is 83.3 Å². The normalized spacial score (nSPS) is 13.5. The van der Waals surface area contributed by atoms with Gasteiger partial charge in [-0.2, -0.15) is 0 Å². The molecule has 0 saturated carbocycles. The molecule has 1 aliphatic heterocycles. The third-order valence-corrected chi connectivity index (χ3v) is 5.64. The van der Waals surface area contributed by atoms with Crippen molar-refractivity contribution in [2.24, 2.45) is 0 Å². The second-order valence-corrected chi connectivity index (χ2v) is 8.06. The molecule has 0 spiro atoms. The topological polar surface area (TPSA) is 77.6 Å². The van der Waals surface area contributed by atoms with Gasteiger partial charge in [0.05, 0.1) is 17.4 Å². The highest BCUT2D eigenvalue weighted by atomic mass is 19.1. The highest BCUT2D eigenvalue weighted by Crippen LogP contribution is 2.20. The Bertz CT molecular complexity index is 1160. The maximum atomic E-state index is 13.9. The summed E-state index contributed by atoms with van der Waals surface area (Å²) < 4.78 is 13.9. The van der Waals surface area contributed by atoms with Crippen LogP contribution in [0.25, 0.3) is 0 Å². The fourth-order valence-electron chi connectivity index (χ4n) is 3.75. The van der Waals surface area contributed by atoms with Crippen LogP contribution < -0.4 is 15.5 Å². The zero-order valence-corrected chi connectivity index (χ0v) is 18.6. The van der Waals surface area contributed by atoms with Crippen LogP contribution in [0.2, 0.25) is 0 Å². The van der Waals surface area contributed by atoms with Gasteiger partial charge in [-0.3, -0.25) is 4.79 Å². The maximum Gasteiger partial charge on any atom is 0.323 e. The van der Waals surface area contributed by atoms with Gasteiger partial charge in [0, 0.05) is 31.9 Å². The second-order valence-electron chi connectivity index (χ2n) is 8.06. The Hall–Kier alpha value is -3.94. The lowest BCUT2D eigenvalue weighted by Crippen LogP contribution is -2.49. The molecular weight excluding hydrogens is 421 g/mol. The fourth-order valence-corrected chi connectivity index (χ4v) is 3.75. The molecule has 4 rings (SSSR count). The van der Waals surface area contributed by atoms with Crippen molar-refractivity contribution in [3.8, 4) is 0 Å². The number of nitrogens with one attached hydrogen (secondary N) is 2. The number of piperazine rings is 1. The van der Waals surface area contributed by atoms with Gasteiger partial charge in [-0.05, 0) is 55.3 Å². The van der Waals surface area contributed by atoms with Crippen molar-refractivity contribution >= 4 is 29.1 Å². The Labute approximate surface area is 192 Å². The molecule has 3 aromatic rings. The lowest BCUT2D eigenvalue weighted by molar-refractivity contribution is 0.0742. The number of hydrogen-bond acceptors (Lipinski definition) is 4. The number of rotatable bonds is 4. The molecular formula is C25H26FN5O2. The summed E-state index contributed by atoms with van der Waals surface area (Å²) in [5.41, 5.74) is 3.49. The van der Waals surface area contributed by atoms with E-state index in [-0.39, 0.29) is 17.5 Å². The Kier molecular flexibility index (Phi) is 6.53. The van der Waals surface area contributed by atoms with E-state index in [1.165, 1.54) is 12.1 Å².